The molecule has 4 rings (SSSR count). The molecule has 1 aromatic carbocycles. The Morgan fingerprint density at radius 2 is 1.76 bits per heavy atom. The topological polar surface area (TPSA) is 68.6 Å². The van der Waals surface area contributed by atoms with Crippen molar-refractivity contribution < 1.29 is 9.47 Å². The van der Waals surface area contributed by atoms with Crippen LogP contribution < -0.4 is 25.4 Å². The van der Waals surface area contributed by atoms with Gasteiger partial charge in [0, 0.05) is 44.4 Å². The minimum absolute atomic E-state index is 0.188. The van der Waals surface area contributed by atoms with Gasteiger partial charge in [-0.05, 0) is 24.1 Å². The summed E-state index contributed by atoms with van der Waals surface area (Å²) in [4.78, 5) is 19.0. The first-order valence-electron chi connectivity index (χ1n) is 8.54. The van der Waals surface area contributed by atoms with Crippen molar-refractivity contribution in [2.24, 2.45) is 0 Å². The molecule has 7 nitrogen and oxygen atoms in total. The molecule has 7 heteroatoms. The molecule has 0 unspecified atom stereocenters. The predicted octanol–water partition coefficient (Wildman–Crippen LogP) is 0.893. The van der Waals surface area contributed by atoms with E-state index in [1.807, 2.05) is 18.2 Å². The van der Waals surface area contributed by atoms with Crippen LogP contribution in [-0.2, 0) is 13.0 Å². The average molecular weight is 342 g/mol. The molecule has 2 aromatic rings. The number of nitrogens with zero attached hydrogens (tertiary/aromatic N) is 3. The van der Waals surface area contributed by atoms with Crippen LogP contribution in [0.2, 0.25) is 0 Å². The molecule has 2 aliphatic rings. The molecule has 1 saturated heterocycles. The van der Waals surface area contributed by atoms with E-state index < -0.39 is 0 Å². The molecule has 3 heterocycles. The van der Waals surface area contributed by atoms with Gasteiger partial charge in [-0.1, -0.05) is 0 Å². The molecule has 1 aromatic heterocycles. The second kappa shape index (κ2) is 6.40. The molecule has 2 aliphatic heterocycles. The molecule has 0 aliphatic carbocycles. The standard InChI is InChI=1S/C18H22N4O3/c1-24-15-9-12-3-6-22-14(13(12)10-16(15)25-2)11-17(20-18(22)23)21-7-4-19-5-8-21/h9-11,19H,3-8H2,1-2H3. The van der Waals surface area contributed by atoms with E-state index in [-0.39, 0.29) is 5.69 Å². The van der Waals surface area contributed by atoms with Gasteiger partial charge >= 0.3 is 5.69 Å². The van der Waals surface area contributed by atoms with Gasteiger partial charge in [-0.3, -0.25) is 4.57 Å². The molecule has 0 atom stereocenters. The summed E-state index contributed by atoms with van der Waals surface area (Å²) in [6.45, 7) is 4.15. The highest BCUT2D eigenvalue weighted by atomic mass is 16.5. The van der Waals surface area contributed by atoms with Crippen LogP contribution in [0.25, 0.3) is 11.3 Å². The molecule has 0 spiro atoms. The third kappa shape index (κ3) is 2.74. The minimum Gasteiger partial charge on any atom is -0.493 e. The number of aryl methyl sites for hydroxylation is 1. The highest BCUT2D eigenvalue weighted by Gasteiger charge is 2.23. The summed E-state index contributed by atoms with van der Waals surface area (Å²) in [5, 5.41) is 3.32. The van der Waals surface area contributed by atoms with E-state index in [0.29, 0.717) is 18.0 Å². The molecule has 1 fully saturated rings. The van der Waals surface area contributed by atoms with Gasteiger partial charge in [0.25, 0.3) is 0 Å². The molecular formula is C18H22N4O3. The third-order valence-electron chi connectivity index (χ3n) is 4.93. The Morgan fingerprint density at radius 1 is 1.04 bits per heavy atom. The smallest absolute Gasteiger partial charge is 0.350 e. The number of ether oxygens (including phenoxy) is 2. The van der Waals surface area contributed by atoms with E-state index in [1.54, 1.807) is 18.8 Å². The first-order chi connectivity index (χ1) is 12.2. The molecular weight excluding hydrogens is 320 g/mol. The summed E-state index contributed by atoms with van der Waals surface area (Å²) >= 11 is 0. The fourth-order valence-electron chi connectivity index (χ4n) is 3.59. The van der Waals surface area contributed by atoms with E-state index in [0.717, 1.165) is 55.2 Å². The monoisotopic (exact) mass is 342 g/mol. The summed E-state index contributed by atoms with van der Waals surface area (Å²) in [6, 6.07) is 5.99. The largest absolute Gasteiger partial charge is 0.493 e. The van der Waals surface area contributed by atoms with Crippen LogP contribution in [0, 0.1) is 0 Å². The Morgan fingerprint density at radius 3 is 2.48 bits per heavy atom. The maximum absolute atomic E-state index is 12.6. The number of hydrogen-bond donors (Lipinski definition) is 1. The van der Waals surface area contributed by atoms with Crippen molar-refractivity contribution >= 4 is 5.82 Å². The van der Waals surface area contributed by atoms with Crippen molar-refractivity contribution in [1.82, 2.24) is 14.9 Å². The zero-order valence-corrected chi connectivity index (χ0v) is 14.5. The van der Waals surface area contributed by atoms with Crippen LogP contribution >= 0.6 is 0 Å². The van der Waals surface area contributed by atoms with E-state index in [9.17, 15) is 4.79 Å². The maximum atomic E-state index is 12.6. The first-order valence-corrected chi connectivity index (χ1v) is 8.54. The fraction of sp³-hybridized carbons (Fsp3) is 0.444. The first kappa shape index (κ1) is 16.0. The van der Waals surface area contributed by atoms with Gasteiger partial charge < -0.3 is 19.7 Å². The molecule has 25 heavy (non-hydrogen) atoms. The van der Waals surface area contributed by atoms with Crippen LogP contribution in [0.15, 0.2) is 23.0 Å². The molecule has 1 N–H and O–H groups in total. The van der Waals surface area contributed by atoms with E-state index >= 15 is 0 Å². The molecule has 132 valence electrons. The number of anilines is 1. The van der Waals surface area contributed by atoms with Gasteiger partial charge in [0.15, 0.2) is 11.5 Å². The Hall–Kier alpha value is -2.54. The van der Waals surface area contributed by atoms with Gasteiger partial charge in [-0.25, -0.2) is 4.79 Å². The zero-order valence-electron chi connectivity index (χ0n) is 14.5. The van der Waals surface area contributed by atoms with Crippen molar-refractivity contribution in [3.05, 3.63) is 34.2 Å². The summed E-state index contributed by atoms with van der Waals surface area (Å²) in [7, 11) is 3.26. The number of methoxy groups -OCH3 is 2. The van der Waals surface area contributed by atoms with Gasteiger partial charge in [-0.15, -0.1) is 0 Å². The number of aromatic nitrogens is 2. The second-order valence-corrected chi connectivity index (χ2v) is 6.29. The van der Waals surface area contributed by atoms with Crippen molar-refractivity contribution in [2.75, 3.05) is 45.3 Å². The van der Waals surface area contributed by atoms with Gasteiger partial charge in [0.05, 0.1) is 19.9 Å². The van der Waals surface area contributed by atoms with E-state index in [4.69, 9.17) is 9.47 Å². The predicted molar refractivity (Wildman–Crippen MR) is 95.8 cm³/mol. The average Bonchev–Trinajstić information content (AvgIpc) is 2.67. The lowest BCUT2D eigenvalue weighted by atomic mass is 9.96. The van der Waals surface area contributed by atoms with Crippen LogP contribution in [-0.4, -0.2) is 49.9 Å². The molecule has 0 saturated carbocycles. The van der Waals surface area contributed by atoms with Crippen molar-refractivity contribution in [3.63, 3.8) is 0 Å². The number of nitrogens with one attached hydrogen (secondary N) is 1. The van der Waals surface area contributed by atoms with Crippen LogP contribution in [0.5, 0.6) is 11.5 Å². The highest BCUT2D eigenvalue weighted by Crippen LogP contribution is 2.38. The Kier molecular flexibility index (Phi) is 4.09. The van der Waals surface area contributed by atoms with Gasteiger partial charge in [0.1, 0.15) is 5.82 Å². The highest BCUT2D eigenvalue weighted by molar-refractivity contribution is 5.72. The lowest BCUT2D eigenvalue weighted by molar-refractivity contribution is 0.354. The second-order valence-electron chi connectivity index (χ2n) is 6.29. The Bertz CT molecular complexity index is 856. The summed E-state index contributed by atoms with van der Waals surface area (Å²) < 4.78 is 12.6. The van der Waals surface area contributed by atoms with Crippen molar-refractivity contribution in [1.29, 1.82) is 0 Å². The normalized spacial score (nSPS) is 16.2. The zero-order chi connectivity index (χ0) is 17.4. The van der Waals surface area contributed by atoms with Crippen LogP contribution in [0.3, 0.4) is 0 Å². The van der Waals surface area contributed by atoms with Crippen LogP contribution in [0.1, 0.15) is 5.56 Å². The number of fused-ring (bicyclic) bond motifs is 3. The minimum atomic E-state index is -0.188. The molecule has 0 radical (unpaired) electrons. The maximum Gasteiger partial charge on any atom is 0.350 e. The van der Waals surface area contributed by atoms with E-state index in [1.165, 1.54) is 0 Å². The van der Waals surface area contributed by atoms with Crippen molar-refractivity contribution in [2.45, 2.75) is 13.0 Å². The number of benzene rings is 1. The summed E-state index contributed by atoms with van der Waals surface area (Å²) in [5.74, 6) is 2.14. The number of rotatable bonds is 3. The SMILES string of the molecule is COc1cc2c(cc1OC)-c1cc(N3CCNCC3)nc(=O)n1CC2. The molecule has 0 amide bonds. The fourth-order valence-corrected chi connectivity index (χ4v) is 3.59. The lowest BCUT2D eigenvalue weighted by Crippen LogP contribution is -2.45. The van der Waals surface area contributed by atoms with Crippen LogP contribution in [0.4, 0.5) is 5.82 Å². The quantitative estimate of drug-likeness (QED) is 0.894. The summed E-state index contributed by atoms with van der Waals surface area (Å²) in [6.07, 6.45) is 0.775. The molecule has 0 bridgehead atoms. The summed E-state index contributed by atoms with van der Waals surface area (Å²) in [5.41, 5.74) is 2.89. The van der Waals surface area contributed by atoms with Crippen molar-refractivity contribution in [3.8, 4) is 22.8 Å². The van der Waals surface area contributed by atoms with Gasteiger partial charge in [-0.2, -0.15) is 4.98 Å². The Labute approximate surface area is 146 Å². The lowest BCUT2D eigenvalue weighted by Gasteiger charge is -2.30. The number of piperazine rings is 1. The van der Waals surface area contributed by atoms with E-state index in [2.05, 4.69) is 15.2 Å². The Balaban J connectivity index is 1.85. The third-order valence-corrected chi connectivity index (χ3v) is 4.93. The number of hydrogen-bond acceptors (Lipinski definition) is 6. The van der Waals surface area contributed by atoms with Gasteiger partial charge in [0.2, 0.25) is 0 Å².